The molecule has 6 heterocycles. The van der Waals surface area contributed by atoms with E-state index in [9.17, 15) is 38.7 Å². The third kappa shape index (κ3) is 24.4. The second-order valence-electron chi connectivity index (χ2n) is 22.4. The Morgan fingerprint density at radius 3 is 1.31 bits per heavy atom. The second kappa shape index (κ2) is 33.2. The molecule has 0 aliphatic carbocycles. The van der Waals surface area contributed by atoms with E-state index in [4.69, 9.17) is 29.8 Å². The van der Waals surface area contributed by atoms with Crippen LogP contribution in [0.4, 0.5) is 14.4 Å². The van der Waals surface area contributed by atoms with Gasteiger partial charge in [0.25, 0.3) is 23.6 Å². The fourth-order valence-electron chi connectivity index (χ4n) is 8.15. The molecule has 19 nitrogen and oxygen atoms in total. The third-order valence-electron chi connectivity index (χ3n) is 12.4. The van der Waals surface area contributed by atoms with Crippen molar-refractivity contribution in [2.45, 2.75) is 157 Å². The van der Waals surface area contributed by atoms with E-state index in [0.717, 1.165) is 39.0 Å². The van der Waals surface area contributed by atoms with Crippen LogP contribution in [0.5, 0.6) is 0 Å². The van der Waals surface area contributed by atoms with Crippen molar-refractivity contribution in [3.05, 3.63) is 70.8 Å². The number of amides is 7. The average molecular weight is 1340 g/mol. The first-order valence-electron chi connectivity index (χ1n) is 26.3. The standard InChI is InChI=1S/C19H24N2O4.C11H22N2O2.C11H21NO3.C8H5NO2.C4H8O.C2H6O.2HI.V/c1-12-9-10-20(18(24)25-19(2,3)4)11-15(12)21-16(22)13-7-5-6-8-14(13)17(21)23;1-8-5-6-13(7-9(8)12)10(14)15-11(2,3)4;1-8-5-6-12(7-9(8)13)10(14)15-11(2,3)4;10-7-5-3-1-2-4-6(5)8(11)9-7;1-2-4-5-3-1;1-2-3;;;/h5-8,12,15H,9-11H2,1-4H3;8-9H,5-7,12H2,1-4H3;8-9,13H,5-7H2,1-4H3;1-4H,(H,9,10,11);1-4H2;3H,2H2,1H3;2*1H;/q;;;;;;;;+2/p-2/t12-,15+;8-,9+;8-,9-;;;;;;/m110....../s1. The number of likely N-dealkylation sites (tertiary alicyclic amines) is 3. The molecular formula is C55H86I2N6O13V. The Kier molecular flexibility index (Phi) is 30.0. The second-order valence-corrected chi connectivity index (χ2v) is 34.2. The molecule has 433 valence electrons. The molecule has 0 unspecified atom stereocenters. The number of hydrogen-bond acceptors (Lipinski definition) is 14. The number of hydrogen-bond donors (Lipinski definition) is 4. The molecule has 4 fully saturated rings. The maximum absolute atomic E-state index is 12.7. The number of carbonyl (C=O) groups excluding carboxylic acids is 7. The van der Waals surface area contributed by atoms with Gasteiger partial charge >= 0.3 is 67.7 Å². The number of piperidine rings is 3. The van der Waals surface area contributed by atoms with Crippen molar-refractivity contribution in [1.82, 2.24) is 24.9 Å². The van der Waals surface area contributed by atoms with Gasteiger partial charge in [0.1, 0.15) is 16.8 Å². The first-order valence-corrected chi connectivity index (χ1v) is 35.3. The summed E-state index contributed by atoms with van der Waals surface area (Å²) in [6.07, 6.45) is 3.67. The van der Waals surface area contributed by atoms with Crippen LogP contribution >= 0.6 is 40.0 Å². The van der Waals surface area contributed by atoms with Crippen molar-refractivity contribution >= 4 is 81.9 Å². The molecule has 6 aliphatic heterocycles. The zero-order chi connectivity index (χ0) is 58.4. The molecule has 2 aromatic rings. The predicted molar refractivity (Wildman–Crippen MR) is 309 cm³/mol. The van der Waals surface area contributed by atoms with Crippen molar-refractivity contribution in [1.29, 1.82) is 0 Å². The minimum atomic E-state index is -0.578. The molecule has 7 amide bonds. The summed E-state index contributed by atoms with van der Waals surface area (Å²) in [5.74, 6) is -0.267. The Bertz CT molecular complexity index is 2110. The van der Waals surface area contributed by atoms with Crippen LogP contribution in [0.2, 0.25) is 0 Å². The van der Waals surface area contributed by atoms with Crippen LogP contribution in [0.25, 0.3) is 0 Å². The van der Waals surface area contributed by atoms with Crippen molar-refractivity contribution in [3.63, 3.8) is 0 Å². The van der Waals surface area contributed by atoms with Crippen LogP contribution in [0.15, 0.2) is 48.5 Å². The summed E-state index contributed by atoms with van der Waals surface area (Å²) in [6, 6.07) is 13.3. The van der Waals surface area contributed by atoms with E-state index < -0.39 is 29.0 Å². The summed E-state index contributed by atoms with van der Waals surface area (Å²) in [7, 11) is 0.628. The SMILES string of the molecule is C1CCOC1.CCO.C[C@@H]1CCN(C(=O)OC(C)(C)C)C[C@@H]1N.C[C@@H]1CCN(C(=O)OC(C)(C)C)C[C@@H]1N1C(=O)c2ccccc2C1=O.C[C@H]1CCN(C(=O)OC(C)(C)C)C[C@@H]1O.O=C1NC(=O)c2ccccc21.[I][V][I]. The van der Waals surface area contributed by atoms with Crippen molar-refractivity contribution in [2.75, 3.05) is 59.1 Å². The Morgan fingerprint density at radius 1 is 0.636 bits per heavy atom. The summed E-state index contributed by atoms with van der Waals surface area (Å²) in [6.45, 7) is 30.0. The quantitative estimate of drug-likeness (QED) is 0.118. The molecule has 8 rings (SSSR count). The van der Waals surface area contributed by atoms with E-state index in [1.165, 1.54) is 17.7 Å². The van der Waals surface area contributed by atoms with Crippen molar-refractivity contribution in [3.8, 4) is 0 Å². The van der Waals surface area contributed by atoms with Gasteiger partial charge in [0.05, 0.1) is 40.9 Å². The minimum absolute atomic E-state index is 0.0752. The molecule has 6 atom stereocenters. The number of halogens is 2. The van der Waals surface area contributed by atoms with Crippen LogP contribution in [0, 0.1) is 17.8 Å². The van der Waals surface area contributed by atoms with Gasteiger partial charge in [0.2, 0.25) is 0 Å². The van der Waals surface area contributed by atoms with Crippen LogP contribution < -0.4 is 11.1 Å². The van der Waals surface area contributed by atoms with Crippen LogP contribution in [0.3, 0.4) is 0 Å². The van der Waals surface area contributed by atoms with Gasteiger partial charge in [-0.25, -0.2) is 14.4 Å². The molecule has 0 bridgehead atoms. The van der Waals surface area contributed by atoms with E-state index >= 15 is 0 Å². The summed E-state index contributed by atoms with van der Waals surface area (Å²) in [5.41, 5.74) is 6.27. The van der Waals surface area contributed by atoms with E-state index in [1.54, 1.807) is 70.2 Å². The number of rotatable bonds is 1. The van der Waals surface area contributed by atoms with Gasteiger partial charge in [0.15, 0.2) is 0 Å². The van der Waals surface area contributed by atoms with E-state index in [1.807, 2.05) is 76.2 Å². The van der Waals surface area contributed by atoms with Gasteiger partial charge in [0, 0.05) is 58.6 Å². The Hall–Kier alpha value is -3.59. The number of β-amino-alcohol motifs (C(OH)–C–C–N with tert-alkyl or cyclic N) is 1. The maximum atomic E-state index is 12.7. The topological polar surface area (TPSA) is 248 Å². The number of ether oxygens (including phenoxy) is 4. The third-order valence-corrected chi connectivity index (χ3v) is 12.4. The number of benzene rings is 2. The summed E-state index contributed by atoms with van der Waals surface area (Å²) >= 11 is 4.74. The Morgan fingerprint density at radius 2 is 0.974 bits per heavy atom. The van der Waals surface area contributed by atoms with Gasteiger partial charge in [-0.15, -0.1) is 0 Å². The normalized spacial score (nSPS) is 22.5. The first-order chi connectivity index (χ1) is 35.9. The van der Waals surface area contributed by atoms with E-state index in [-0.39, 0.29) is 66.3 Å². The zero-order valence-corrected chi connectivity index (χ0v) is 53.1. The summed E-state index contributed by atoms with van der Waals surface area (Å²) in [4.78, 5) is 89.3. The van der Waals surface area contributed by atoms with Crippen LogP contribution in [-0.4, -0.2) is 166 Å². The van der Waals surface area contributed by atoms with Crippen LogP contribution in [0.1, 0.15) is 164 Å². The number of imide groups is 2. The number of aliphatic hydroxyl groups is 2. The molecule has 0 aromatic heterocycles. The number of carbonyl (C=O) groups is 7. The van der Waals surface area contributed by atoms with E-state index in [0.29, 0.717) is 70.4 Å². The molecule has 22 heteroatoms. The molecule has 0 saturated carbocycles. The van der Waals surface area contributed by atoms with E-state index in [2.05, 4.69) is 52.2 Å². The molecule has 0 radical (unpaired) electrons. The molecule has 4 saturated heterocycles. The average Bonchev–Trinajstić information content (AvgIpc) is 4.08. The molecule has 2 aromatic carbocycles. The van der Waals surface area contributed by atoms with Gasteiger partial charge in [-0.3, -0.25) is 29.4 Å². The van der Waals surface area contributed by atoms with Crippen LogP contribution in [-0.2, 0) is 28.4 Å². The molecule has 5 N–H and O–H groups in total. The number of fused-ring (bicyclic) bond motifs is 2. The molecule has 6 aliphatic rings. The van der Waals surface area contributed by atoms with Crippen molar-refractivity contribution in [2.24, 2.45) is 23.5 Å². The molecule has 77 heavy (non-hydrogen) atoms. The Labute approximate surface area is 485 Å². The number of aliphatic hydroxyl groups excluding tert-OH is 2. The Balaban J connectivity index is 0.000000340. The van der Waals surface area contributed by atoms with Crippen molar-refractivity contribution < 1.29 is 72.2 Å². The molecular weight excluding hydrogens is 1260 g/mol. The fourth-order valence-corrected chi connectivity index (χ4v) is 8.15. The monoisotopic (exact) mass is 1340 g/mol. The predicted octanol–water partition coefficient (Wildman–Crippen LogP) is 9.28. The van der Waals surface area contributed by atoms with Gasteiger partial charge in [-0.1, -0.05) is 45.0 Å². The van der Waals surface area contributed by atoms with Gasteiger partial charge in [-0.2, -0.15) is 0 Å². The van der Waals surface area contributed by atoms with Gasteiger partial charge in [-0.05, 0) is 143 Å². The molecule has 0 spiro atoms. The number of nitrogens with two attached hydrogens (primary N) is 1. The first kappa shape index (κ1) is 69.5. The number of nitrogens with zero attached hydrogens (tertiary/aromatic N) is 4. The fraction of sp³-hybridized carbons (Fsp3) is 0.655. The van der Waals surface area contributed by atoms with Gasteiger partial charge < -0.3 is 49.6 Å². The summed E-state index contributed by atoms with van der Waals surface area (Å²) < 4.78 is 20.9. The zero-order valence-electron chi connectivity index (χ0n) is 47.4. The summed E-state index contributed by atoms with van der Waals surface area (Å²) in [5, 5.41) is 19.4. The number of nitrogens with one attached hydrogen (secondary N) is 1.